The maximum Gasteiger partial charge on any atom is 0.411 e. The van der Waals surface area contributed by atoms with Gasteiger partial charge in [-0.2, -0.15) is 0 Å². The number of methoxy groups -OCH3 is 1. The molecule has 35 heavy (non-hydrogen) atoms. The number of fused-ring (bicyclic) bond motifs is 1. The lowest BCUT2D eigenvalue weighted by atomic mass is 9.99. The fourth-order valence-corrected chi connectivity index (χ4v) is 3.97. The summed E-state index contributed by atoms with van der Waals surface area (Å²) in [4.78, 5) is 27.7. The van der Waals surface area contributed by atoms with E-state index in [1.807, 2.05) is 48.5 Å². The Morgan fingerprint density at radius 2 is 1.77 bits per heavy atom. The number of amides is 2. The Morgan fingerprint density at radius 3 is 2.51 bits per heavy atom. The van der Waals surface area contributed by atoms with E-state index >= 15 is 0 Å². The molecule has 4 rings (SSSR count). The molecule has 1 N–H and O–H groups in total. The van der Waals surface area contributed by atoms with E-state index in [-0.39, 0.29) is 18.2 Å². The highest BCUT2D eigenvalue weighted by molar-refractivity contribution is 6.03. The average Bonchev–Trinajstić information content (AvgIpc) is 2.90. The van der Waals surface area contributed by atoms with Gasteiger partial charge in [0.05, 0.1) is 18.4 Å². The lowest BCUT2D eigenvalue weighted by Crippen LogP contribution is -2.36. The van der Waals surface area contributed by atoms with Gasteiger partial charge in [-0.1, -0.05) is 67.3 Å². The van der Waals surface area contributed by atoms with Crippen LogP contribution < -0.4 is 14.8 Å². The second kappa shape index (κ2) is 11.2. The third-order valence-electron chi connectivity index (χ3n) is 5.76. The second-order valence-corrected chi connectivity index (χ2v) is 8.08. The molecule has 0 saturated heterocycles. The summed E-state index contributed by atoms with van der Waals surface area (Å²) in [6, 6.07) is 21.0. The number of benzene rings is 3. The Bertz CT molecular complexity index is 1210. The molecule has 0 bridgehead atoms. The highest BCUT2D eigenvalue weighted by Crippen LogP contribution is 2.35. The fraction of sp³-hybridized carbons (Fsp3) is 0.214. The van der Waals surface area contributed by atoms with Crippen molar-refractivity contribution in [3.63, 3.8) is 0 Å². The first-order valence-corrected chi connectivity index (χ1v) is 11.4. The van der Waals surface area contributed by atoms with Gasteiger partial charge < -0.3 is 19.1 Å². The number of hydrogen-bond acceptors (Lipinski definition) is 5. The summed E-state index contributed by atoms with van der Waals surface area (Å²) in [7, 11) is 1.52. The minimum absolute atomic E-state index is 0.0472. The van der Waals surface area contributed by atoms with Crippen molar-refractivity contribution in [2.75, 3.05) is 25.6 Å². The zero-order valence-electron chi connectivity index (χ0n) is 19.7. The van der Waals surface area contributed by atoms with Crippen LogP contribution in [0.5, 0.6) is 11.5 Å². The van der Waals surface area contributed by atoms with E-state index in [4.69, 9.17) is 14.2 Å². The van der Waals surface area contributed by atoms with Crippen LogP contribution in [0.4, 0.5) is 10.5 Å². The van der Waals surface area contributed by atoms with Gasteiger partial charge in [0, 0.05) is 19.2 Å². The van der Waals surface area contributed by atoms with Crippen molar-refractivity contribution < 1.29 is 23.8 Å². The molecular weight excluding hydrogens is 444 g/mol. The largest absolute Gasteiger partial charge is 0.493 e. The van der Waals surface area contributed by atoms with Gasteiger partial charge in [-0.05, 0) is 29.2 Å². The summed E-state index contributed by atoms with van der Waals surface area (Å²) in [6.07, 6.45) is 1.54. The molecular formula is C28H28N2O5. The molecule has 0 saturated carbocycles. The molecule has 3 aromatic carbocycles. The third-order valence-corrected chi connectivity index (χ3v) is 5.76. The minimum atomic E-state index is -0.692. The Labute approximate surface area is 204 Å². The highest BCUT2D eigenvalue weighted by Gasteiger charge is 2.26. The van der Waals surface area contributed by atoms with Crippen LogP contribution in [0.25, 0.3) is 0 Å². The molecule has 7 heteroatoms. The molecule has 0 spiro atoms. The molecule has 2 amide bonds. The van der Waals surface area contributed by atoms with Crippen LogP contribution in [0.3, 0.4) is 0 Å². The predicted molar refractivity (Wildman–Crippen MR) is 134 cm³/mol. The summed E-state index contributed by atoms with van der Waals surface area (Å²) in [5.41, 5.74) is 3.91. The first kappa shape index (κ1) is 23.9. The molecule has 1 heterocycles. The van der Waals surface area contributed by atoms with Crippen LogP contribution >= 0.6 is 0 Å². The molecule has 3 aromatic rings. The van der Waals surface area contributed by atoms with Crippen molar-refractivity contribution in [3.05, 3.63) is 102 Å². The molecule has 0 atom stereocenters. The van der Waals surface area contributed by atoms with E-state index in [1.165, 1.54) is 18.7 Å². The summed E-state index contributed by atoms with van der Waals surface area (Å²) in [6.45, 7) is 4.96. The Hall–Kier alpha value is -4.26. The third kappa shape index (κ3) is 5.81. The molecule has 1 aliphatic rings. The lowest BCUT2D eigenvalue weighted by Gasteiger charge is -2.29. The molecule has 0 aromatic heterocycles. The van der Waals surface area contributed by atoms with Gasteiger partial charge in [-0.3, -0.25) is 10.1 Å². The van der Waals surface area contributed by atoms with Crippen LogP contribution in [0.15, 0.2) is 79.4 Å². The predicted octanol–water partition coefficient (Wildman–Crippen LogP) is 5.21. The number of carbonyl (C=O) groups is 2. The Kier molecular flexibility index (Phi) is 7.67. The smallest absolute Gasteiger partial charge is 0.411 e. The normalized spacial score (nSPS) is 12.3. The Balaban J connectivity index is 1.64. The van der Waals surface area contributed by atoms with Crippen molar-refractivity contribution in [1.82, 2.24) is 4.90 Å². The van der Waals surface area contributed by atoms with Crippen molar-refractivity contribution in [2.45, 2.75) is 19.6 Å². The van der Waals surface area contributed by atoms with Crippen LogP contribution in [0.2, 0.25) is 0 Å². The first-order valence-electron chi connectivity index (χ1n) is 11.4. The maximum absolute atomic E-state index is 13.6. The minimum Gasteiger partial charge on any atom is -0.493 e. The SMILES string of the molecule is C=CCOC(=O)Nc1cc(OCc2ccccc2)c(OC)cc1C(=O)N1CCc2ccccc2C1. The number of nitrogens with one attached hydrogen (secondary N) is 1. The standard InChI is InChI=1S/C28H28N2O5/c1-3-15-34-28(32)29-24-17-26(35-19-20-9-5-4-6-10-20)25(33-2)16-23(24)27(31)30-14-13-21-11-7-8-12-22(21)18-30/h3-12,16-17H,1,13-15,18-19H2,2H3,(H,29,32). The van der Waals surface area contributed by atoms with E-state index < -0.39 is 6.09 Å². The number of rotatable bonds is 8. The lowest BCUT2D eigenvalue weighted by molar-refractivity contribution is 0.0735. The van der Waals surface area contributed by atoms with E-state index in [0.717, 1.165) is 17.5 Å². The summed E-state index contributed by atoms with van der Waals surface area (Å²) < 4.78 is 16.6. The van der Waals surface area contributed by atoms with Crippen LogP contribution in [-0.2, 0) is 24.3 Å². The zero-order chi connectivity index (χ0) is 24.6. The Morgan fingerprint density at radius 1 is 1.03 bits per heavy atom. The maximum atomic E-state index is 13.6. The van der Waals surface area contributed by atoms with Gasteiger partial charge >= 0.3 is 6.09 Å². The van der Waals surface area contributed by atoms with Crippen LogP contribution in [-0.4, -0.2) is 37.2 Å². The summed E-state index contributed by atoms with van der Waals surface area (Å²) in [5.74, 6) is 0.578. The number of anilines is 1. The van der Waals surface area contributed by atoms with E-state index in [0.29, 0.717) is 36.8 Å². The number of ether oxygens (including phenoxy) is 3. The van der Waals surface area contributed by atoms with E-state index in [9.17, 15) is 9.59 Å². The second-order valence-electron chi connectivity index (χ2n) is 8.08. The molecule has 180 valence electrons. The number of hydrogen-bond donors (Lipinski definition) is 1. The van der Waals surface area contributed by atoms with Crippen molar-refractivity contribution in [2.24, 2.45) is 0 Å². The van der Waals surface area contributed by atoms with Gasteiger partial charge in [0.2, 0.25) is 0 Å². The van der Waals surface area contributed by atoms with E-state index in [2.05, 4.69) is 18.0 Å². The summed E-state index contributed by atoms with van der Waals surface area (Å²) in [5, 5.41) is 2.68. The van der Waals surface area contributed by atoms with Gasteiger partial charge in [0.15, 0.2) is 11.5 Å². The quantitative estimate of drug-likeness (QED) is 0.456. The van der Waals surface area contributed by atoms with Gasteiger partial charge in [-0.25, -0.2) is 4.79 Å². The van der Waals surface area contributed by atoms with Gasteiger partial charge in [0.1, 0.15) is 13.2 Å². The first-order chi connectivity index (χ1) is 17.1. The molecule has 0 aliphatic carbocycles. The number of carbonyl (C=O) groups excluding carboxylic acids is 2. The zero-order valence-corrected chi connectivity index (χ0v) is 19.7. The molecule has 1 aliphatic heterocycles. The van der Waals surface area contributed by atoms with Crippen LogP contribution in [0, 0.1) is 0 Å². The highest BCUT2D eigenvalue weighted by atomic mass is 16.5. The van der Waals surface area contributed by atoms with Crippen molar-refractivity contribution >= 4 is 17.7 Å². The average molecular weight is 473 g/mol. The molecule has 7 nitrogen and oxygen atoms in total. The number of nitrogens with zero attached hydrogens (tertiary/aromatic N) is 1. The van der Waals surface area contributed by atoms with Gasteiger partial charge in [0.25, 0.3) is 5.91 Å². The fourth-order valence-electron chi connectivity index (χ4n) is 3.97. The van der Waals surface area contributed by atoms with E-state index in [1.54, 1.807) is 17.0 Å². The summed E-state index contributed by atoms with van der Waals surface area (Å²) >= 11 is 0. The molecule has 0 unspecified atom stereocenters. The molecule has 0 radical (unpaired) electrons. The monoisotopic (exact) mass is 472 g/mol. The van der Waals surface area contributed by atoms with Crippen LogP contribution in [0.1, 0.15) is 27.0 Å². The van der Waals surface area contributed by atoms with Crippen molar-refractivity contribution in [3.8, 4) is 11.5 Å². The molecule has 0 fully saturated rings. The van der Waals surface area contributed by atoms with Gasteiger partial charge in [-0.15, -0.1) is 0 Å². The van der Waals surface area contributed by atoms with Crippen molar-refractivity contribution in [1.29, 1.82) is 0 Å². The topological polar surface area (TPSA) is 77.1 Å².